The molecule has 21 heavy (non-hydrogen) atoms. The smallest absolute Gasteiger partial charge is 0.326 e. The third-order valence-corrected chi connectivity index (χ3v) is 4.11. The van der Waals surface area contributed by atoms with Crippen molar-refractivity contribution in [2.75, 3.05) is 0 Å². The van der Waals surface area contributed by atoms with Crippen LogP contribution >= 0.6 is 0 Å². The highest BCUT2D eigenvalue weighted by molar-refractivity contribution is 5.87. The van der Waals surface area contributed by atoms with Gasteiger partial charge in [-0.2, -0.15) is 0 Å². The van der Waals surface area contributed by atoms with E-state index in [0.29, 0.717) is 0 Å². The second-order valence-corrected chi connectivity index (χ2v) is 5.73. The number of aliphatic carboxylic acids is 2. The molecule has 0 aliphatic carbocycles. The highest BCUT2D eigenvalue weighted by Gasteiger charge is 2.35. The Bertz CT molecular complexity index is 402. The number of carboxylic acid groups (broad SMARTS) is 2. The van der Waals surface area contributed by atoms with Gasteiger partial charge in [-0.05, 0) is 40.0 Å². The molecule has 1 saturated heterocycles. The van der Waals surface area contributed by atoms with Crippen LogP contribution in [0.25, 0.3) is 0 Å². The molecule has 3 N–H and O–H groups in total. The fraction of sp³-hybridized carbons (Fsp3) is 0.786. The fourth-order valence-corrected chi connectivity index (χ4v) is 2.93. The number of carbonyl (C=O) groups excluding carboxylic acids is 1. The second kappa shape index (κ2) is 7.40. The molecule has 3 unspecified atom stereocenters. The topological polar surface area (TPSA) is 107 Å². The molecule has 7 heteroatoms. The zero-order valence-electron chi connectivity index (χ0n) is 12.7. The molecule has 0 aromatic carbocycles. The van der Waals surface area contributed by atoms with Crippen LogP contribution in [-0.4, -0.2) is 57.1 Å². The van der Waals surface area contributed by atoms with E-state index in [1.54, 1.807) is 6.92 Å². The van der Waals surface area contributed by atoms with E-state index < -0.39 is 24.0 Å². The molecule has 1 amide bonds. The van der Waals surface area contributed by atoms with Gasteiger partial charge in [0, 0.05) is 18.5 Å². The summed E-state index contributed by atoms with van der Waals surface area (Å²) in [6, 6.07) is -1.03. The normalized spacial score (nSPS) is 25.3. The largest absolute Gasteiger partial charge is 0.481 e. The highest BCUT2D eigenvalue weighted by Crippen LogP contribution is 2.25. The van der Waals surface area contributed by atoms with Crippen LogP contribution < -0.4 is 5.32 Å². The van der Waals surface area contributed by atoms with E-state index in [9.17, 15) is 14.4 Å². The molecule has 4 atom stereocenters. The van der Waals surface area contributed by atoms with Crippen LogP contribution in [0.3, 0.4) is 0 Å². The van der Waals surface area contributed by atoms with Gasteiger partial charge >= 0.3 is 11.9 Å². The van der Waals surface area contributed by atoms with Crippen molar-refractivity contribution in [1.29, 1.82) is 0 Å². The number of hydrogen-bond acceptors (Lipinski definition) is 4. The first-order valence-corrected chi connectivity index (χ1v) is 7.26. The minimum absolute atomic E-state index is 0.117. The lowest BCUT2D eigenvalue weighted by Crippen LogP contribution is -2.52. The van der Waals surface area contributed by atoms with Crippen molar-refractivity contribution in [2.45, 2.75) is 70.6 Å². The molecule has 7 nitrogen and oxygen atoms in total. The summed E-state index contributed by atoms with van der Waals surface area (Å²) in [6.45, 7) is 5.85. The van der Waals surface area contributed by atoms with Crippen molar-refractivity contribution in [2.24, 2.45) is 0 Å². The molecule has 1 aliphatic rings. The summed E-state index contributed by atoms with van der Waals surface area (Å²) in [5, 5.41) is 20.1. The van der Waals surface area contributed by atoms with E-state index in [4.69, 9.17) is 10.2 Å². The van der Waals surface area contributed by atoms with E-state index in [1.807, 2.05) is 13.8 Å². The SMILES string of the molecule is CC1CCC(C)N1C(C)C(=O)N[C@@H](CCC(=O)O)C(=O)O. The van der Waals surface area contributed by atoms with Crippen molar-refractivity contribution in [3.63, 3.8) is 0 Å². The minimum atomic E-state index is -1.21. The van der Waals surface area contributed by atoms with Crippen LogP contribution in [0.1, 0.15) is 46.5 Å². The Morgan fingerprint density at radius 2 is 1.71 bits per heavy atom. The standard InChI is InChI=1S/C14H24N2O5/c1-8-4-5-9(2)16(8)10(3)13(19)15-11(14(20)21)6-7-12(17)18/h8-11H,4-7H2,1-3H3,(H,15,19)(H,17,18)(H,20,21)/t8?,9?,10?,11-/m0/s1. The molecule has 1 aliphatic heterocycles. The first-order chi connectivity index (χ1) is 9.73. The fourth-order valence-electron chi connectivity index (χ4n) is 2.93. The maximum Gasteiger partial charge on any atom is 0.326 e. The Balaban J connectivity index is 2.63. The Morgan fingerprint density at radius 1 is 1.19 bits per heavy atom. The molecule has 120 valence electrons. The maximum absolute atomic E-state index is 12.2. The number of likely N-dealkylation sites (tertiary alicyclic amines) is 1. The monoisotopic (exact) mass is 300 g/mol. The van der Waals surface area contributed by atoms with Crippen molar-refractivity contribution < 1.29 is 24.6 Å². The van der Waals surface area contributed by atoms with Gasteiger partial charge < -0.3 is 15.5 Å². The van der Waals surface area contributed by atoms with Crippen LogP contribution in [0.2, 0.25) is 0 Å². The van der Waals surface area contributed by atoms with Crippen molar-refractivity contribution in [3.05, 3.63) is 0 Å². The molecule has 0 bridgehead atoms. The predicted molar refractivity (Wildman–Crippen MR) is 75.9 cm³/mol. The van der Waals surface area contributed by atoms with Crippen LogP contribution in [0, 0.1) is 0 Å². The van der Waals surface area contributed by atoms with Crippen molar-refractivity contribution in [3.8, 4) is 0 Å². The highest BCUT2D eigenvalue weighted by atomic mass is 16.4. The zero-order valence-corrected chi connectivity index (χ0v) is 12.7. The summed E-state index contributed by atoms with van der Waals surface area (Å²) in [5.41, 5.74) is 0. The number of carbonyl (C=O) groups is 3. The van der Waals surface area contributed by atoms with Crippen LogP contribution in [-0.2, 0) is 14.4 Å². The zero-order chi connectivity index (χ0) is 16.2. The van der Waals surface area contributed by atoms with Crippen LogP contribution in [0.4, 0.5) is 0 Å². The Hall–Kier alpha value is -1.63. The molecule has 1 fully saturated rings. The molecule has 1 rings (SSSR count). The number of amides is 1. The van der Waals surface area contributed by atoms with Gasteiger partial charge in [0.15, 0.2) is 0 Å². The van der Waals surface area contributed by atoms with Gasteiger partial charge in [-0.15, -0.1) is 0 Å². The summed E-state index contributed by atoms with van der Waals surface area (Å²) in [5.74, 6) is -2.65. The summed E-state index contributed by atoms with van der Waals surface area (Å²) in [6.07, 6.45) is 1.62. The quantitative estimate of drug-likeness (QED) is 0.638. The van der Waals surface area contributed by atoms with Crippen LogP contribution in [0.5, 0.6) is 0 Å². The minimum Gasteiger partial charge on any atom is -0.481 e. The third-order valence-electron chi connectivity index (χ3n) is 4.11. The first kappa shape index (κ1) is 17.4. The maximum atomic E-state index is 12.2. The molecule has 0 aromatic rings. The number of rotatable bonds is 7. The lowest BCUT2D eigenvalue weighted by Gasteiger charge is -2.32. The number of hydrogen-bond donors (Lipinski definition) is 3. The average molecular weight is 300 g/mol. The van der Waals surface area contributed by atoms with Crippen molar-refractivity contribution in [1.82, 2.24) is 10.2 Å². The van der Waals surface area contributed by atoms with E-state index in [1.165, 1.54) is 0 Å². The molecule has 0 aromatic heterocycles. The van der Waals surface area contributed by atoms with Gasteiger partial charge in [-0.25, -0.2) is 4.79 Å². The van der Waals surface area contributed by atoms with Gasteiger partial charge in [-0.1, -0.05) is 0 Å². The molecule has 0 saturated carbocycles. The Kier molecular flexibility index (Phi) is 6.14. The predicted octanol–water partition coefficient (Wildman–Crippen LogP) is 0.682. The molecule has 0 radical (unpaired) electrons. The molecule has 0 spiro atoms. The van der Waals surface area contributed by atoms with Gasteiger partial charge in [0.05, 0.1) is 6.04 Å². The van der Waals surface area contributed by atoms with Gasteiger partial charge in [0.1, 0.15) is 6.04 Å². The molecule has 1 heterocycles. The summed E-state index contributed by atoms with van der Waals surface area (Å²) < 4.78 is 0. The first-order valence-electron chi connectivity index (χ1n) is 7.26. The number of nitrogens with zero attached hydrogens (tertiary/aromatic N) is 1. The van der Waals surface area contributed by atoms with E-state index >= 15 is 0 Å². The lowest BCUT2D eigenvalue weighted by atomic mass is 10.1. The van der Waals surface area contributed by atoms with E-state index in [0.717, 1.165) is 12.8 Å². The lowest BCUT2D eigenvalue weighted by molar-refractivity contribution is -0.144. The summed E-state index contributed by atoms with van der Waals surface area (Å²) in [4.78, 5) is 35.9. The molecular weight excluding hydrogens is 276 g/mol. The van der Waals surface area contributed by atoms with E-state index in [-0.39, 0.29) is 30.8 Å². The summed E-state index contributed by atoms with van der Waals surface area (Å²) in [7, 11) is 0. The van der Waals surface area contributed by atoms with Gasteiger partial charge in [0.25, 0.3) is 0 Å². The van der Waals surface area contributed by atoms with Gasteiger partial charge in [0.2, 0.25) is 5.91 Å². The Morgan fingerprint density at radius 3 is 2.14 bits per heavy atom. The van der Waals surface area contributed by atoms with Crippen LogP contribution in [0.15, 0.2) is 0 Å². The second-order valence-electron chi connectivity index (χ2n) is 5.73. The number of nitrogens with one attached hydrogen (secondary N) is 1. The van der Waals surface area contributed by atoms with E-state index in [2.05, 4.69) is 10.2 Å². The summed E-state index contributed by atoms with van der Waals surface area (Å²) >= 11 is 0. The third kappa shape index (κ3) is 4.70. The average Bonchev–Trinajstić information content (AvgIpc) is 2.72. The van der Waals surface area contributed by atoms with Gasteiger partial charge in [-0.3, -0.25) is 14.5 Å². The molecular formula is C14H24N2O5. The van der Waals surface area contributed by atoms with Crippen molar-refractivity contribution >= 4 is 17.8 Å². The number of carboxylic acids is 2. The Labute approximate surface area is 124 Å².